The average Bonchev–Trinajstić information content (AvgIpc) is 2.72. The number of carbonyl (C=O) groups excluding carboxylic acids is 1. The predicted molar refractivity (Wildman–Crippen MR) is 102 cm³/mol. The number of rotatable bonds is 6. The van der Waals surface area contributed by atoms with Crippen LogP contribution in [-0.4, -0.2) is 27.4 Å². The van der Waals surface area contributed by atoms with Gasteiger partial charge in [0.05, 0.1) is 0 Å². The zero-order valence-corrected chi connectivity index (χ0v) is 15.5. The molecule has 2 N–H and O–H groups in total. The summed E-state index contributed by atoms with van der Waals surface area (Å²) in [6, 6.07) is 10.8. The number of anilines is 1. The minimum Gasteiger partial charge on any atom is -0.366 e. The molecule has 0 bridgehead atoms. The first-order valence-electron chi connectivity index (χ1n) is 8.84. The Morgan fingerprint density at radius 1 is 1.07 bits per heavy atom. The molecule has 6 nitrogen and oxygen atoms in total. The summed E-state index contributed by atoms with van der Waals surface area (Å²) in [4.78, 5) is 23.6. The van der Waals surface area contributed by atoms with E-state index in [1.54, 1.807) is 24.3 Å². The Bertz CT molecular complexity index is 993. The smallest absolute Gasteiger partial charge is 0.366 e. The van der Waals surface area contributed by atoms with Crippen molar-refractivity contribution in [3.05, 3.63) is 71.7 Å². The lowest BCUT2D eigenvalue weighted by atomic mass is 10.1. The maximum Gasteiger partial charge on any atom is 0.433 e. The van der Waals surface area contributed by atoms with Crippen LogP contribution >= 0.6 is 0 Å². The molecule has 0 aliphatic heterocycles. The van der Waals surface area contributed by atoms with Crippen LogP contribution in [0.15, 0.2) is 54.9 Å². The average molecular weight is 401 g/mol. The van der Waals surface area contributed by atoms with Crippen molar-refractivity contribution in [3.63, 3.8) is 0 Å². The molecule has 0 radical (unpaired) electrons. The van der Waals surface area contributed by atoms with Crippen LogP contribution in [0.2, 0.25) is 0 Å². The van der Waals surface area contributed by atoms with Crippen LogP contribution in [0.3, 0.4) is 0 Å². The van der Waals surface area contributed by atoms with Gasteiger partial charge in [-0.3, -0.25) is 9.78 Å². The SMILES string of the molecule is CCNC(=O)c1cccc(CNc2cc(C(F)(F)F)nc(-c3ccncc3)n2)c1. The fourth-order valence-corrected chi connectivity index (χ4v) is 2.59. The number of alkyl halides is 3. The van der Waals surface area contributed by atoms with E-state index in [2.05, 4.69) is 25.6 Å². The van der Waals surface area contributed by atoms with Gasteiger partial charge in [-0.15, -0.1) is 0 Å². The minimum atomic E-state index is -4.61. The topological polar surface area (TPSA) is 79.8 Å². The van der Waals surface area contributed by atoms with Gasteiger partial charge >= 0.3 is 6.18 Å². The van der Waals surface area contributed by atoms with Gasteiger partial charge in [0.2, 0.25) is 0 Å². The van der Waals surface area contributed by atoms with Crippen LogP contribution in [0.25, 0.3) is 11.4 Å². The normalized spacial score (nSPS) is 11.2. The van der Waals surface area contributed by atoms with E-state index in [1.807, 2.05) is 6.92 Å². The van der Waals surface area contributed by atoms with Crippen molar-refractivity contribution in [3.8, 4) is 11.4 Å². The molecule has 2 heterocycles. The summed E-state index contributed by atoms with van der Waals surface area (Å²) in [7, 11) is 0. The van der Waals surface area contributed by atoms with Gasteiger partial charge < -0.3 is 10.6 Å². The van der Waals surface area contributed by atoms with Crippen LogP contribution in [0.5, 0.6) is 0 Å². The fraction of sp³-hybridized carbons (Fsp3) is 0.200. The van der Waals surface area contributed by atoms with Crippen molar-refractivity contribution in [2.45, 2.75) is 19.6 Å². The van der Waals surface area contributed by atoms with Gasteiger partial charge in [-0.2, -0.15) is 13.2 Å². The summed E-state index contributed by atoms with van der Waals surface area (Å²) >= 11 is 0. The van der Waals surface area contributed by atoms with Gasteiger partial charge in [-0.1, -0.05) is 12.1 Å². The summed E-state index contributed by atoms with van der Waals surface area (Å²) in [5, 5.41) is 5.59. The Morgan fingerprint density at radius 3 is 2.52 bits per heavy atom. The molecule has 0 spiro atoms. The van der Waals surface area contributed by atoms with E-state index < -0.39 is 11.9 Å². The van der Waals surface area contributed by atoms with Crippen molar-refractivity contribution in [2.24, 2.45) is 0 Å². The van der Waals surface area contributed by atoms with Gasteiger partial charge in [-0.25, -0.2) is 9.97 Å². The third-order valence-corrected chi connectivity index (χ3v) is 3.96. The molecule has 0 aliphatic carbocycles. The van der Waals surface area contributed by atoms with E-state index in [0.717, 1.165) is 11.6 Å². The number of pyridine rings is 1. The first-order valence-corrected chi connectivity index (χ1v) is 8.84. The second-order valence-corrected chi connectivity index (χ2v) is 6.11. The predicted octanol–water partition coefficient (Wildman–Crippen LogP) is 3.92. The Morgan fingerprint density at radius 2 is 1.83 bits per heavy atom. The number of hydrogen-bond donors (Lipinski definition) is 2. The molecule has 9 heteroatoms. The molecule has 1 aromatic carbocycles. The lowest BCUT2D eigenvalue weighted by molar-refractivity contribution is -0.141. The first-order chi connectivity index (χ1) is 13.9. The van der Waals surface area contributed by atoms with Gasteiger partial charge in [0.1, 0.15) is 5.82 Å². The molecule has 0 aliphatic rings. The van der Waals surface area contributed by atoms with Crippen LogP contribution in [0.1, 0.15) is 28.5 Å². The molecule has 3 aromatic rings. The number of amides is 1. The first kappa shape index (κ1) is 20.2. The molecule has 0 unspecified atom stereocenters. The molecule has 2 aromatic heterocycles. The number of halogens is 3. The van der Waals surface area contributed by atoms with E-state index in [0.29, 0.717) is 17.7 Å². The Hall–Kier alpha value is -3.49. The van der Waals surface area contributed by atoms with Gasteiger partial charge in [-0.05, 0) is 36.8 Å². The standard InChI is InChI=1S/C20H18F3N5O/c1-2-25-19(29)15-5-3-4-13(10-15)12-26-17-11-16(20(21,22)23)27-18(28-17)14-6-8-24-9-7-14/h3-11H,2,12H2,1H3,(H,25,29)(H,26,27,28). The lowest BCUT2D eigenvalue weighted by Gasteiger charge is -2.12. The molecular weight excluding hydrogens is 383 g/mol. The highest BCUT2D eigenvalue weighted by atomic mass is 19.4. The summed E-state index contributed by atoms with van der Waals surface area (Å²) in [6.45, 7) is 2.51. The number of carbonyl (C=O) groups is 1. The summed E-state index contributed by atoms with van der Waals surface area (Å²) in [5.74, 6) is -0.237. The maximum absolute atomic E-state index is 13.3. The Balaban J connectivity index is 1.85. The Kier molecular flexibility index (Phi) is 6.06. The number of benzene rings is 1. The van der Waals surface area contributed by atoms with E-state index in [4.69, 9.17) is 0 Å². The molecule has 150 valence electrons. The Labute approximate surface area is 165 Å². The summed E-state index contributed by atoms with van der Waals surface area (Å²) in [6.07, 6.45) is -1.70. The fourth-order valence-electron chi connectivity index (χ4n) is 2.59. The van der Waals surface area contributed by atoms with Crippen molar-refractivity contribution in [1.82, 2.24) is 20.3 Å². The highest BCUT2D eigenvalue weighted by Crippen LogP contribution is 2.30. The molecule has 1 amide bonds. The van der Waals surface area contributed by atoms with E-state index in [9.17, 15) is 18.0 Å². The van der Waals surface area contributed by atoms with E-state index in [1.165, 1.54) is 24.5 Å². The number of hydrogen-bond acceptors (Lipinski definition) is 5. The third-order valence-electron chi connectivity index (χ3n) is 3.96. The number of nitrogens with one attached hydrogen (secondary N) is 2. The molecule has 0 saturated heterocycles. The van der Waals surface area contributed by atoms with Crippen LogP contribution in [0, 0.1) is 0 Å². The van der Waals surface area contributed by atoms with Gasteiger partial charge in [0.15, 0.2) is 11.5 Å². The maximum atomic E-state index is 13.3. The van der Waals surface area contributed by atoms with E-state index in [-0.39, 0.29) is 24.1 Å². The minimum absolute atomic E-state index is 0.0301. The van der Waals surface area contributed by atoms with Crippen LogP contribution in [0.4, 0.5) is 19.0 Å². The number of nitrogens with zero attached hydrogens (tertiary/aromatic N) is 3. The molecule has 0 atom stereocenters. The van der Waals surface area contributed by atoms with Crippen molar-refractivity contribution in [1.29, 1.82) is 0 Å². The third kappa shape index (κ3) is 5.28. The lowest BCUT2D eigenvalue weighted by Crippen LogP contribution is -2.22. The van der Waals surface area contributed by atoms with Crippen molar-refractivity contribution in [2.75, 3.05) is 11.9 Å². The quantitative estimate of drug-likeness (QED) is 0.655. The second-order valence-electron chi connectivity index (χ2n) is 6.11. The number of aromatic nitrogens is 3. The van der Waals surface area contributed by atoms with E-state index >= 15 is 0 Å². The zero-order valence-electron chi connectivity index (χ0n) is 15.5. The molecule has 3 rings (SSSR count). The molecule has 0 saturated carbocycles. The summed E-state index contributed by atoms with van der Waals surface area (Å²) in [5.41, 5.74) is 0.582. The zero-order chi connectivity index (χ0) is 20.9. The van der Waals surface area contributed by atoms with Crippen LogP contribution in [-0.2, 0) is 12.7 Å². The van der Waals surface area contributed by atoms with Gasteiger partial charge in [0, 0.05) is 42.7 Å². The van der Waals surface area contributed by atoms with Crippen molar-refractivity contribution >= 4 is 11.7 Å². The molecule has 0 fully saturated rings. The molecule has 29 heavy (non-hydrogen) atoms. The second kappa shape index (κ2) is 8.68. The highest BCUT2D eigenvalue weighted by molar-refractivity contribution is 5.94. The van der Waals surface area contributed by atoms with Gasteiger partial charge in [0.25, 0.3) is 5.91 Å². The highest BCUT2D eigenvalue weighted by Gasteiger charge is 2.33. The molecular formula is C20H18F3N5O. The van der Waals surface area contributed by atoms with Crippen molar-refractivity contribution < 1.29 is 18.0 Å². The monoisotopic (exact) mass is 401 g/mol. The summed E-state index contributed by atoms with van der Waals surface area (Å²) < 4.78 is 39.8. The van der Waals surface area contributed by atoms with Crippen LogP contribution < -0.4 is 10.6 Å². The largest absolute Gasteiger partial charge is 0.433 e.